The minimum Gasteiger partial charge on any atom is -0.344 e. The Morgan fingerprint density at radius 2 is 2.10 bits per heavy atom. The summed E-state index contributed by atoms with van der Waals surface area (Å²) in [5.74, 6) is -0.00686. The zero-order valence-corrected chi connectivity index (χ0v) is 16.8. The van der Waals surface area contributed by atoms with Crippen molar-refractivity contribution >= 4 is 33.8 Å². The molecule has 0 bridgehead atoms. The lowest BCUT2D eigenvalue weighted by molar-refractivity contribution is -0.118. The first-order valence-corrected chi connectivity index (χ1v) is 10.7. The first kappa shape index (κ1) is 18.2. The predicted octanol–water partition coefficient (Wildman–Crippen LogP) is 1.88. The van der Waals surface area contributed by atoms with Gasteiger partial charge in [-0.15, -0.1) is 10.2 Å². The van der Waals surface area contributed by atoms with Crippen LogP contribution in [0, 0.1) is 17.2 Å². The Hall–Kier alpha value is -2.83. The number of benzene rings is 1. The minimum atomic E-state index is -0.0860. The summed E-state index contributed by atoms with van der Waals surface area (Å²) in [6.45, 7) is 5.21. The van der Waals surface area contributed by atoms with Crippen molar-refractivity contribution in [2.24, 2.45) is 10.9 Å². The quantitative estimate of drug-likeness (QED) is 0.834. The van der Waals surface area contributed by atoms with Crippen LogP contribution in [-0.4, -0.2) is 59.4 Å². The number of aliphatic imine (C=N–C) groups is 1. The summed E-state index contributed by atoms with van der Waals surface area (Å²) < 4.78 is 0. The number of aromatic nitrogens is 2. The lowest BCUT2D eigenvalue weighted by Gasteiger charge is -2.34. The third-order valence-electron chi connectivity index (χ3n) is 5.76. The zero-order valence-electron chi connectivity index (χ0n) is 16.0. The van der Waals surface area contributed by atoms with E-state index in [2.05, 4.69) is 48.5 Å². The molecule has 2 aromatic rings. The summed E-state index contributed by atoms with van der Waals surface area (Å²) in [5, 5.41) is 21.2. The number of hydrogen-bond donors (Lipinski definition) is 1. The summed E-state index contributed by atoms with van der Waals surface area (Å²) >= 11 is 1.34. The molecule has 1 aromatic carbocycles. The minimum absolute atomic E-state index is 0.0792. The van der Waals surface area contributed by atoms with Gasteiger partial charge in [0.25, 0.3) is 0 Å². The van der Waals surface area contributed by atoms with Gasteiger partial charge in [0.2, 0.25) is 16.0 Å². The van der Waals surface area contributed by atoms with Gasteiger partial charge in [0.05, 0.1) is 17.3 Å². The van der Waals surface area contributed by atoms with Crippen LogP contribution in [-0.2, 0) is 11.3 Å². The molecule has 9 heteroatoms. The van der Waals surface area contributed by atoms with Crippen molar-refractivity contribution < 1.29 is 4.79 Å². The molecule has 0 radical (unpaired) electrons. The van der Waals surface area contributed by atoms with Gasteiger partial charge in [0.1, 0.15) is 6.07 Å². The maximum atomic E-state index is 12.4. The number of anilines is 2. The molecule has 0 aliphatic carbocycles. The fourth-order valence-electron chi connectivity index (χ4n) is 4.25. The lowest BCUT2D eigenvalue weighted by Crippen LogP contribution is -2.46. The van der Waals surface area contributed by atoms with Gasteiger partial charge < -0.3 is 10.2 Å². The van der Waals surface area contributed by atoms with Gasteiger partial charge in [-0.3, -0.25) is 14.7 Å². The van der Waals surface area contributed by atoms with Gasteiger partial charge in [-0.1, -0.05) is 23.5 Å². The van der Waals surface area contributed by atoms with Crippen molar-refractivity contribution in [3.63, 3.8) is 0 Å². The summed E-state index contributed by atoms with van der Waals surface area (Å²) in [6, 6.07) is 8.40. The second-order valence-corrected chi connectivity index (χ2v) is 8.55. The first-order valence-electron chi connectivity index (χ1n) is 9.90. The fraction of sp³-hybridized carbons (Fsp3) is 0.450. The number of amides is 1. The second kappa shape index (κ2) is 7.54. The number of carbonyl (C=O) groups is 1. The van der Waals surface area contributed by atoms with Crippen LogP contribution in [0.15, 0.2) is 23.2 Å². The fourth-order valence-corrected chi connectivity index (χ4v) is 4.94. The molecule has 29 heavy (non-hydrogen) atoms. The maximum Gasteiger partial charge on any atom is 0.233 e. The van der Waals surface area contributed by atoms with Gasteiger partial charge >= 0.3 is 0 Å². The molecule has 148 valence electrons. The molecule has 5 rings (SSSR count). The van der Waals surface area contributed by atoms with Gasteiger partial charge in [-0.05, 0) is 24.5 Å². The van der Waals surface area contributed by atoms with Crippen LogP contribution in [0.5, 0.6) is 0 Å². The maximum absolute atomic E-state index is 12.4. The van der Waals surface area contributed by atoms with Crippen LogP contribution < -0.4 is 10.2 Å². The molecule has 1 saturated heterocycles. The Morgan fingerprint density at radius 1 is 1.24 bits per heavy atom. The van der Waals surface area contributed by atoms with Crippen LogP contribution >= 0.6 is 11.3 Å². The molecule has 1 atom stereocenters. The molecular weight excluding hydrogens is 386 g/mol. The van der Waals surface area contributed by atoms with Crippen LogP contribution in [0.3, 0.4) is 0 Å². The molecule has 3 aliphatic heterocycles. The van der Waals surface area contributed by atoms with Gasteiger partial charge in [0.15, 0.2) is 0 Å². The molecule has 1 amide bonds. The van der Waals surface area contributed by atoms with E-state index in [0.29, 0.717) is 5.01 Å². The largest absolute Gasteiger partial charge is 0.344 e. The molecule has 4 heterocycles. The Morgan fingerprint density at radius 3 is 2.90 bits per heavy atom. The Bertz CT molecular complexity index is 1020. The topological polar surface area (TPSA) is 97.5 Å². The summed E-state index contributed by atoms with van der Waals surface area (Å²) in [5.41, 5.74) is 4.12. The smallest absolute Gasteiger partial charge is 0.233 e. The first-order chi connectivity index (χ1) is 14.2. The van der Waals surface area contributed by atoms with E-state index in [4.69, 9.17) is 5.26 Å². The van der Waals surface area contributed by atoms with E-state index in [9.17, 15) is 4.79 Å². The van der Waals surface area contributed by atoms with Crippen molar-refractivity contribution in [3.8, 4) is 6.07 Å². The van der Waals surface area contributed by atoms with E-state index in [0.717, 1.165) is 74.2 Å². The standard InChI is InChI=1S/C20H21N7OS/c21-11-17-24-25-20(29-17)27-8-6-26(7-9-27)12-13-3-4-14-16(10-13)23-19(28)15-2-1-5-22-18(14)15/h3-4,10,15H,1-2,5-9,12H2,(H,23,28). The molecule has 0 saturated carbocycles. The van der Waals surface area contributed by atoms with Crippen LogP contribution in [0.2, 0.25) is 0 Å². The van der Waals surface area contributed by atoms with E-state index in [1.54, 1.807) is 0 Å². The third kappa shape index (κ3) is 3.50. The van der Waals surface area contributed by atoms with Crippen molar-refractivity contribution in [1.82, 2.24) is 15.1 Å². The van der Waals surface area contributed by atoms with Crippen molar-refractivity contribution in [3.05, 3.63) is 34.3 Å². The van der Waals surface area contributed by atoms with Crippen LogP contribution in [0.4, 0.5) is 10.8 Å². The summed E-state index contributed by atoms with van der Waals surface area (Å²) in [4.78, 5) is 21.7. The SMILES string of the molecule is N#Cc1nnc(N2CCN(Cc3ccc4c(c3)NC(=O)C3CCCN=C43)CC2)s1. The number of fused-ring (bicyclic) bond motifs is 3. The number of piperazine rings is 1. The van der Waals surface area contributed by atoms with Crippen molar-refractivity contribution in [1.29, 1.82) is 5.26 Å². The molecule has 1 fully saturated rings. The highest BCUT2D eigenvalue weighted by Crippen LogP contribution is 2.32. The van der Waals surface area contributed by atoms with Crippen LogP contribution in [0.25, 0.3) is 0 Å². The molecule has 3 aliphatic rings. The van der Waals surface area contributed by atoms with E-state index in [1.807, 2.05) is 6.07 Å². The summed E-state index contributed by atoms with van der Waals surface area (Å²) in [6.07, 6.45) is 1.87. The number of hydrogen-bond acceptors (Lipinski definition) is 8. The lowest BCUT2D eigenvalue weighted by atomic mass is 9.85. The second-order valence-electron chi connectivity index (χ2n) is 7.60. The Kier molecular flexibility index (Phi) is 4.73. The van der Waals surface area contributed by atoms with Gasteiger partial charge in [-0.25, -0.2) is 0 Å². The van der Waals surface area contributed by atoms with Gasteiger partial charge in [-0.2, -0.15) is 5.26 Å². The number of rotatable bonds is 3. The average molecular weight is 408 g/mol. The number of nitrogens with zero attached hydrogens (tertiary/aromatic N) is 6. The molecule has 8 nitrogen and oxygen atoms in total. The monoisotopic (exact) mass is 407 g/mol. The molecule has 1 N–H and O–H groups in total. The highest BCUT2D eigenvalue weighted by Gasteiger charge is 2.33. The van der Waals surface area contributed by atoms with Gasteiger partial charge in [0, 0.05) is 44.8 Å². The number of carbonyl (C=O) groups excluding carboxylic acids is 1. The Balaban J connectivity index is 1.25. The molecular formula is C20H21N7OS. The van der Waals surface area contributed by atoms with Crippen LogP contribution in [0.1, 0.15) is 29.0 Å². The third-order valence-corrected chi connectivity index (χ3v) is 6.65. The van der Waals surface area contributed by atoms with Crippen molar-refractivity contribution in [2.45, 2.75) is 19.4 Å². The molecule has 1 aromatic heterocycles. The molecule has 1 unspecified atom stereocenters. The highest BCUT2D eigenvalue weighted by molar-refractivity contribution is 7.15. The highest BCUT2D eigenvalue weighted by atomic mass is 32.1. The summed E-state index contributed by atoms with van der Waals surface area (Å²) in [7, 11) is 0. The predicted molar refractivity (Wildman–Crippen MR) is 111 cm³/mol. The number of nitrogens with one attached hydrogen (secondary N) is 1. The van der Waals surface area contributed by atoms with Crippen molar-refractivity contribution in [2.75, 3.05) is 42.9 Å². The van der Waals surface area contributed by atoms with E-state index in [-0.39, 0.29) is 11.8 Å². The zero-order chi connectivity index (χ0) is 19.8. The normalized spacial score (nSPS) is 21.6. The van der Waals surface area contributed by atoms with E-state index >= 15 is 0 Å². The molecule has 0 spiro atoms. The average Bonchev–Trinajstić information content (AvgIpc) is 3.24. The van der Waals surface area contributed by atoms with E-state index in [1.165, 1.54) is 16.9 Å². The van der Waals surface area contributed by atoms with E-state index < -0.39 is 0 Å². The Labute approximate surface area is 172 Å². The number of nitriles is 1.